The van der Waals surface area contributed by atoms with Crippen molar-refractivity contribution in [3.8, 4) is 63.2 Å². The molecule has 0 spiro atoms. The van der Waals surface area contributed by atoms with Crippen molar-refractivity contribution in [2.45, 2.75) is 37.7 Å². The van der Waals surface area contributed by atoms with Crippen LogP contribution in [0.15, 0.2) is 84.9 Å². The van der Waals surface area contributed by atoms with Crippen LogP contribution >= 0.6 is 0 Å². The third-order valence-electron chi connectivity index (χ3n) is 12.5. The molecule has 2 aliphatic carbocycles. The highest BCUT2D eigenvalue weighted by atomic mass is 16.5. The monoisotopic (exact) mass is 914 g/mol. The Hall–Kier alpha value is -7.25. The van der Waals surface area contributed by atoms with E-state index in [9.17, 15) is 9.90 Å². The highest BCUT2D eigenvalue weighted by Gasteiger charge is 2.38. The lowest BCUT2D eigenvalue weighted by molar-refractivity contribution is 0.103. The molecule has 0 radical (unpaired) electrons. The maximum absolute atomic E-state index is 13.7. The number of aliphatic hydroxyl groups is 1. The Morgan fingerprint density at radius 3 is 1.24 bits per heavy atom. The molecule has 67 heavy (non-hydrogen) atoms. The fraction of sp³-hybridized carbons (Fsp3) is 0.315. The molecule has 13 heteroatoms. The second-order valence-corrected chi connectivity index (χ2v) is 16.1. The number of methoxy groups -OCH3 is 11. The minimum absolute atomic E-state index is 0.0921. The molecule has 8 rings (SSSR count). The van der Waals surface area contributed by atoms with Crippen molar-refractivity contribution < 1.29 is 62.0 Å². The number of rotatable bonds is 15. The van der Waals surface area contributed by atoms with Gasteiger partial charge in [-0.3, -0.25) is 4.79 Å². The molecule has 6 aromatic carbocycles. The second-order valence-electron chi connectivity index (χ2n) is 16.1. The Kier molecular flexibility index (Phi) is 14.6. The van der Waals surface area contributed by atoms with E-state index in [1.807, 2.05) is 73.7 Å². The third kappa shape index (κ3) is 9.29. The number of ether oxygens (including phenoxy) is 11. The summed E-state index contributed by atoms with van der Waals surface area (Å²) in [6, 6.07) is 26.7. The van der Waals surface area contributed by atoms with Gasteiger partial charge < -0.3 is 57.2 Å². The maximum Gasteiger partial charge on any atom is 0.194 e. The van der Waals surface area contributed by atoms with Crippen LogP contribution in [0.4, 0.5) is 0 Å². The lowest BCUT2D eigenvalue weighted by Crippen LogP contribution is -2.22. The van der Waals surface area contributed by atoms with Crippen LogP contribution in [0.2, 0.25) is 0 Å². The first-order chi connectivity index (χ1) is 32.4. The SMILES string of the molecule is COc1cc(CC2c3cc(OC)c(OC)cc3C(=O)c3cc(OC)cc(OC)c32)cc(OC)c1.COc1cc(CC2c3cc(OC)c(OC)cc3C(O)c3cc(C)cc(OC)c32)cc(OC)c1. The number of hydrogen-bond acceptors (Lipinski definition) is 13. The van der Waals surface area contributed by atoms with Gasteiger partial charge >= 0.3 is 0 Å². The fourth-order valence-electron chi connectivity index (χ4n) is 9.31. The Bertz CT molecular complexity index is 2730. The second kappa shape index (κ2) is 20.5. The smallest absolute Gasteiger partial charge is 0.194 e. The molecule has 3 atom stereocenters. The summed E-state index contributed by atoms with van der Waals surface area (Å²) in [5.74, 6) is 6.55. The molecule has 0 aliphatic heterocycles. The van der Waals surface area contributed by atoms with Gasteiger partial charge in [-0.05, 0) is 119 Å². The first-order valence-electron chi connectivity index (χ1n) is 21.5. The van der Waals surface area contributed by atoms with Gasteiger partial charge in [0.1, 0.15) is 46.4 Å². The van der Waals surface area contributed by atoms with Crippen molar-refractivity contribution in [1.29, 1.82) is 0 Å². The summed E-state index contributed by atoms with van der Waals surface area (Å²) in [6.45, 7) is 2.00. The fourth-order valence-corrected chi connectivity index (χ4v) is 9.31. The summed E-state index contributed by atoms with van der Waals surface area (Å²) in [4.78, 5) is 13.7. The van der Waals surface area contributed by atoms with Crippen molar-refractivity contribution in [2.75, 3.05) is 78.2 Å². The lowest BCUT2D eigenvalue weighted by Gasteiger charge is -2.34. The third-order valence-corrected chi connectivity index (χ3v) is 12.5. The molecule has 2 aliphatic rings. The van der Waals surface area contributed by atoms with E-state index in [2.05, 4.69) is 0 Å². The van der Waals surface area contributed by atoms with E-state index in [0.717, 1.165) is 67.3 Å². The zero-order chi connectivity index (χ0) is 48.1. The van der Waals surface area contributed by atoms with Crippen molar-refractivity contribution in [2.24, 2.45) is 0 Å². The molecule has 0 saturated heterocycles. The summed E-state index contributed by atoms with van der Waals surface area (Å²) in [6.07, 6.45) is 0.411. The number of carbonyl (C=O) groups is 1. The minimum atomic E-state index is -0.806. The average molecular weight is 915 g/mol. The van der Waals surface area contributed by atoms with E-state index in [4.69, 9.17) is 52.1 Å². The molecule has 0 heterocycles. The van der Waals surface area contributed by atoms with E-state index < -0.39 is 6.10 Å². The summed E-state index contributed by atoms with van der Waals surface area (Å²) >= 11 is 0. The Balaban J connectivity index is 0.000000199. The molecule has 3 unspecified atom stereocenters. The largest absolute Gasteiger partial charge is 0.497 e. The normalized spacial score (nSPS) is 15.2. The maximum atomic E-state index is 13.7. The van der Waals surface area contributed by atoms with Crippen LogP contribution in [0.25, 0.3) is 0 Å². The number of benzene rings is 6. The van der Waals surface area contributed by atoms with Crippen molar-refractivity contribution >= 4 is 5.78 Å². The highest BCUT2D eigenvalue weighted by Crippen LogP contribution is 2.51. The number of aryl methyl sites for hydroxylation is 1. The molecule has 13 nitrogen and oxygen atoms in total. The van der Waals surface area contributed by atoms with Gasteiger partial charge in [-0.2, -0.15) is 0 Å². The molecular formula is C54H58O13. The van der Waals surface area contributed by atoms with Gasteiger partial charge in [-0.1, -0.05) is 6.07 Å². The molecule has 352 valence electrons. The van der Waals surface area contributed by atoms with E-state index in [1.54, 1.807) is 96.4 Å². The molecule has 0 bridgehead atoms. The van der Waals surface area contributed by atoms with Crippen molar-refractivity contribution in [3.63, 3.8) is 0 Å². The predicted molar refractivity (Wildman–Crippen MR) is 254 cm³/mol. The molecule has 0 aromatic heterocycles. The van der Waals surface area contributed by atoms with Gasteiger partial charge in [0.15, 0.2) is 28.8 Å². The number of carbonyl (C=O) groups excluding carboxylic acids is 1. The number of aliphatic hydroxyl groups excluding tert-OH is 1. The van der Waals surface area contributed by atoms with Crippen LogP contribution in [0.3, 0.4) is 0 Å². The summed E-state index contributed by atoms with van der Waals surface area (Å²) < 4.78 is 61.1. The molecule has 0 amide bonds. The first kappa shape index (κ1) is 47.7. The van der Waals surface area contributed by atoms with Crippen molar-refractivity contribution in [1.82, 2.24) is 0 Å². The van der Waals surface area contributed by atoms with Gasteiger partial charge in [0.25, 0.3) is 0 Å². The highest BCUT2D eigenvalue weighted by molar-refractivity contribution is 6.14. The molecule has 0 saturated carbocycles. The molecule has 6 aromatic rings. The van der Waals surface area contributed by atoms with Crippen LogP contribution in [-0.4, -0.2) is 89.1 Å². The molecular weight excluding hydrogens is 857 g/mol. The predicted octanol–water partition coefficient (Wildman–Crippen LogP) is 9.46. The van der Waals surface area contributed by atoms with Crippen molar-refractivity contribution in [3.05, 3.63) is 146 Å². The molecule has 1 N–H and O–H groups in total. The molecule has 0 fully saturated rings. The van der Waals surface area contributed by atoms with Gasteiger partial charge in [0.2, 0.25) is 0 Å². The quantitative estimate of drug-likeness (QED) is 0.105. The number of ketones is 1. The van der Waals surface area contributed by atoms with E-state index >= 15 is 0 Å². The number of hydrogen-bond donors (Lipinski definition) is 1. The summed E-state index contributed by atoms with van der Waals surface area (Å²) in [7, 11) is 17.7. The van der Waals surface area contributed by atoms with E-state index in [1.165, 1.54) is 0 Å². The van der Waals surface area contributed by atoms with Crippen LogP contribution in [-0.2, 0) is 12.8 Å². The standard InChI is InChI=1S/C27H28O7.C27H30O6/c1-29-16-7-15(8-17(10-16)30-2)9-20-19-13-23(32-4)24(33-5)14-21(19)27(28)22-11-18(31-3)12-25(34-6)26(20)22;1-15-7-22-26(25(8-15)33-6)20(11-16-9-17(29-2)12-18(10-16)30-3)19-13-23(31-4)24(32-5)14-21(19)27(22)28/h7-8,10-14,20H,9H2,1-6H3;7-10,12-14,20,27-28H,11H2,1-6H3. The Morgan fingerprint density at radius 2 is 0.776 bits per heavy atom. The Morgan fingerprint density at radius 1 is 0.373 bits per heavy atom. The zero-order valence-corrected chi connectivity index (χ0v) is 40.1. The van der Waals surface area contributed by atoms with Gasteiger partial charge in [-0.25, -0.2) is 0 Å². The van der Waals surface area contributed by atoms with Gasteiger partial charge in [-0.15, -0.1) is 0 Å². The first-order valence-corrected chi connectivity index (χ1v) is 21.5. The van der Waals surface area contributed by atoms with Crippen LogP contribution in [0.1, 0.15) is 83.9 Å². The topological polar surface area (TPSA) is 139 Å². The zero-order valence-electron chi connectivity index (χ0n) is 40.1. The van der Waals surface area contributed by atoms with Gasteiger partial charge in [0, 0.05) is 52.3 Å². The van der Waals surface area contributed by atoms with Crippen LogP contribution in [0.5, 0.6) is 63.2 Å². The van der Waals surface area contributed by atoms with E-state index in [-0.39, 0.29) is 17.6 Å². The number of fused-ring (bicyclic) bond motifs is 4. The van der Waals surface area contributed by atoms with E-state index in [0.29, 0.717) is 70.0 Å². The van der Waals surface area contributed by atoms with Gasteiger partial charge in [0.05, 0.1) is 78.2 Å². The van der Waals surface area contributed by atoms with Crippen LogP contribution < -0.4 is 52.1 Å². The lowest BCUT2D eigenvalue weighted by atomic mass is 9.73. The summed E-state index contributed by atoms with van der Waals surface area (Å²) in [5.41, 5.74) is 9.36. The summed E-state index contributed by atoms with van der Waals surface area (Å²) in [5, 5.41) is 11.4. The minimum Gasteiger partial charge on any atom is -0.497 e. The Labute approximate surface area is 391 Å². The average Bonchev–Trinajstić information content (AvgIpc) is 3.36. The van der Waals surface area contributed by atoms with Crippen LogP contribution in [0, 0.1) is 6.92 Å².